The fourth-order valence-electron chi connectivity index (χ4n) is 8.72. The van der Waals surface area contributed by atoms with Crippen LogP contribution in [0.4, 0.5) is 17.1 Å². The number of fused-ring (bicyclic) bond motifs is 11. The molecule has 3 nitrogen and oxygen atoms in total. The van der Waals surface area contributed by atoms with Gasteiger partial charge in [0.25, 0.3) is 0 Å². The molecule has 0 aliphatic heterocycles. The topological polar surface area (TPSA) is 29.5 Å². The van der Waals surface area contributed by atoms with Crippen molar-refractivity contribution in [2.45, 2.75) is 0 Å². The molecule has 0 N–H and O–H groups in total. The van der Waals surface area contributed by atoms with Gasteiger partial charge >= 0.3 is 0 Å². The molecule has 0 saturated heterocycles. The Morgan fingerprint density at radius 3 is 1.86 bits per heavy atom. The number of furan rings is 2. The lowest BCUT2D eigenvalue weighted by Crippen LogP contribution is -2.11. The third-order valence-corrected chi connectivity index (χ3v) is 12.5. The molecule has 0 spiro atoms. The van der Waals surface area contributed by atoms with Crippen LogP contribution in [0.5, 0.6) is 0 Å². The van der Waals surface area contributed by atoms with E-state index in [2.05, 4.69) is 181 Å². The van der Waals surface area contributed by atoms with E-state index in [1.165, 1.54) is 25.6 Å². The largest absolute Gasteiger partial charge is 0.455 e. The zero-order chi connectivity index (χ0) is 36.7. The van der Waals surface area contributed by atoms with Gasteiger partial charge in [0.05, 0.1) is 16.1 Å². The molecule has 0 atom stereocenters. The molecule has 12 aromatic rings. The summed E-state index contributed by atoms with van der Waals surface area (Å²) in [6.07, 6.45) is 0. The summed E-state index contributed by atoms with van der Waals surface area (Å²) >= 11 is 1.85. The summed E-state index contributed by atoms with van der Waals surface area (Å²) in [4.78, 5) is 2.43. The van der Waals surface area contributed by atoms with Gasteiger partial charge in [0.15, 0.2) is 0 Å². The molecule has 0 aliphatic rings. The number of hydrogen-bond acceptors (Lipinski definition) is 4. The summed E-state index contributed by atoms with van der Waals surface area (Å²) in [6, 6.07) is 67.2. The van der Waals surface area contributed by atoms with E-state index >= 15 is 0 Å². The van der Waals surface area contributed by atoms with Crippen molar-refractivity contribution in [1.29, 1.82) is 0 Å². The molecule has 0 amide bonds. The maximum atomic E-state index is 6.90. The Balaban J connectivity index is 1.08. The summed E-state index contributed by atoms with van der Waals surface area (Å²) in [5.41, 5.74) is 11.2. The van der Waals surface area contributed by atoms with Gasteiger partial charge in [-0.25, -0.2) is 0 Å². The monoisotopic (exact) mass is 733 g/mol. The maximum Gasteiger partial charge on any atom is 0.143 e. The van der Waals surface area contributed by atoms with Gasteiger partial charge in [0.1, 0.15) is 22.3 Å². The standard InChI is InChI=1S/C52H31NO2S/c1-2-13-35-32(12-1)28-31-43-42-20-10-18-40(51(42)55-50(35)43)37-14-3-6-22-45(37)53(46-23-11-21-44-39-16-5-8-25-48(39)56-52(44)46)34-29-26-33(27-30-34)36-17-9-19-41-38-15-4-7-24-47(38)54-49(36)41/h1-31H. The Bertz CT molecular complexity index is 3500. The molecule has 262 valence electrons. The average molecular weight is 734 g/mol. The molecule has 3 heterocycles. The van der Waals surface area contributed by atoms with E-state index in [0.29, 0.717) is 0 Å². The van der Waals surface area contributed by atoms with Gasteiger partial charge in [0, 0.05) is 64.8 Å². The number of rotatable bonds is 5. The highest BCUT2D eigenvalue weighted by Crippen LogP contribution is 2.49. The molecule has 4 heteroatoms. The van der Waals surface area contributed by atoms with Crippen LogP contribution in [-0.2, 0) is 0 Å². The van der Waals surface area contributed by atoms with Crippen molar-refractivity contribution in [3.05, 3.63) is 188 Å². The van der Waals surface area contributed by atoms with Gasteiger partial charge in [-0.2, -0.15) is 0 Å². The van der Waals surface area contributed by atoms with E-state index in [4.69, 9.17) is 8.83 Å². The van der Waals surface area contributed by atoms with Gasteiger partial charge < -0.3 is 13.7 Å². The van der Waals surface area contributed by atoms with Crippen molar-refractivity contribution < 1.29 is 8.83 Å². The van der Waals surface area contributed by atoms with Crippen LogP contribution < -0.4 is 4.90 Å². The number of anilines is 3. The second-order valence-electron chi connectivity index (χ2n) is 14.4. The summed E-state index contributed by atoms with van der Waals surface area (Å²) < 4.78 is 15.9. The fourth-order valence-corrected chi connectivity index (χ4v) is 9.92. The smallest absolute Gasteiger partial charge is 0.143 e. The molecular formula is C52H31NO2S. The third kappa shape index (κ3) is 4.63. The van der Waals surface area contributed by atoms with Crippen molar-refractivity contribution in [2.75, 3.05) is 4.90 Å². The molecule has 0 unspecified atom stereocenters. The van der Waals surface area contributed by atoms with Crippen LogP contribution >= 0.6 is 11.3 Å². The quantitative estimate of drug-likeness (QED) is 0.176. The second kappa shape index (κ2) is 12.2. The first-order valence-electron chi connectivity index (χ1n) is 18.9. The van der Waals surface area contributed by atoms with Crippen molar-refractivity contribution in [3.8, 4) is 22.3 Å². The van der Waals surface area contributed by atoms with Crippen LogP contribution in [0.1, 0.15) is 0 Å². The van der Waals surface area contributed by atoms with E-state index in [1.54, 1.807) is 0 Å². The van der Waals surface area contributed by atoms with E-state index < -0.39 is 0 Å². The lowest BCUT2D eigenvalue weighted by atomic mass is 9.98. The minimum Gasteiger partial charge on any atom is -0.455 e. The number of benzene rings is 9. The van der Waals surface area contributed by atoms with Crippen LogP contribution in [0.25, 0.3) is 97.1 Å². The number of nitrogens with zero attached hydrogens (tertiary/aromatic N) is 1. The predicted octanol–water partition coefficient (Wildman–Crippen LogP) is 15.8. The number of thiophene rings is 1. The number of hydrogen-bond donors (Lipinski definition) is 0. The molecule has 56 heavy (non-hydrogen) atoms. The highest BCUT2D eigenvalue weighted by molar-refractivity contribution is 7.26. The van der Waals surface area contributed by atoms with Crippen LogP contribution in [0.2, 0.25) is 0 Å². The first-order chi connectivity index (χ1) is 27.8. The molecule has 12 rings (SSSR count). The third-order valence-electron chi connectivity index (χ3n) is 11.3. The van der Waals surface area contributed by atoms with Crippen molar-refractivity contribution in [2.24, 2.45) is 0 Å². The Kier molecular flexibility index (Phi) is 6.80. The summed E-state index contributed by atoms with van der Waals surface area (Å²) in [7, 11) is 0. The fraction of sp³-hybridized carbons (Fsp3) is 0. The van der Waals surface area contributed by atoms with Crippen molar-refractivity contribution in [3.63, 3.8) is 0 Å². The van der Waals surface area contributed by atoms with Crippen molar-refractivity contribution >= 4 is 103 Å². The van der Waals surface area contributed by atoms with Gasteiger partial charge in [0.2, 0.25) is 0 Å². The average Bonchev–Trinajstić information content (AvgIpc) is 3.96. The van der Waals surface area contributed by atoms with Gasteiger partial charge in [-0.05, 0) is 53.4 Å². The molecule has 0 saturated carbocycles. The van der Waals surface area contributed by atoms with Gasteiger partial charge in [-0.1, -0.05) is 146 Å². The van der Waals surface area contributed by atoms with Crippen molar-refractivity contribution in [1.82, 2.24) is 0 Å². The van der Waals surface area contributed by atoms with E-state index in [1.807, 2.05) is 23.5 Å². The Morgan fingerprint density at radius 2 is 0.964 bits per heavy atom. The Hall–Kier alpha value is -7.14. The lowest BCUT2D eigenvalue weighted by Gasteiger charge is -2.28. The van der Waals surface area contributed by atoms with E-state index in [9.17, 15) is 0 Å². The van der Waals surface area contributed by atoms with Crippen LogP contribution in [0.3, 0.4) is 0 Å². The van der Waals surface area contributed by atoms with Crippen LogP contribution in [0.15, 0.2) is 197 Å². The molecule has 3 aromatic heterocycles. The van der Waals surface area contributed by atoms with Gasteiger partial charge in [-0.15, -0.1) is 11.3 Å². The molecule has 0 aliphatic carbocycles. The highest BCUT2D eigenvalue weighted by Gasteiger charge is 2.23. The predicted molar refractivity (Wildman–Crippen MR) is 237 cm³/mol. The minimum absolute atomic E-state index is 0.889. The SMILES string of the molecule is c1ccc(N(c2ccc(-c3cccc4c3oc3ccccc34)cc2)c2cccc3c2sc2ccccc23)c(-c2cccc3c2oc2c4ccccc4ccc32)c1. The number of para-hydroxylation sites is 4. The minimum atomic E-state index is 0.889. The molecular weight excluding hydrogens is 703 g/mol. The first kappa shape index (κ1) is 31.2. The lowest BCUT2D eigenvalue weighted by molar-refractivity contribution is 0.670. The van der Waals surface area contributed by atoms with E-state index in [0.717, 1.165) is 88.6 Å². The summed E-state index contributed by atoms with van der Waals surface area (Å²) in [6.45, 7) is 0. The molecule has 9 aromatic carbocycles. The van der Waals surface area contributed by atoms with Gasteiger partial charge in [-0.3, -0.25) is 0 Å². The zero-order valence-electron chi connectivity index (χ0n) is 30.1. The normalized spacial score (nSPS) is 11.9. The summed E-state index contributed by atoms with van der Waals surface area (Å²) in [5, 5.41) is 9.32. The maximum absolute atomic E-state index is 6.90. The molecule has 0 bridgehead atoms. The van der Waals surface area contributed by atoms with E-state index in [-0.39, 0.29) is 0 Å². The molecule has 0 radical (unpaired) electrons. The molecule has 0 fully saturated rings. The Labute approximate surface area is 325 Å². The van der Waals surface area contributed by atoms with Crippen LogP contribution in [-0.4, -0.2) is 0 Å². The van der Waals surface area contributed by atoms with Crippen LogP contribution in [0, 0.1) is 0 Å². The Morgan fingerprint density at radius 1 is 0.357 bits per heavy atom. The summed E-state index contributed by atoms with van der Waals surface area (Å²) in [5.74, 6) is 0. The second-order valence-corrected chi connectivity index (χ2v) is 15.4. The highest BCUT2D eigenvalue weighted by atomic mass is 32.1. The first-order valence-corrected chi connectivity index (χ1v) is 19.7. The zero-order valence-corrected chi connectivity index (χ0v) is 30.9.